The molecule has 0 unspecified atom stereocenters. The Balaban J connectivity index is 2.10. The zero-order valence-electron chi connectivity index (χ0n) is 11.8. The largest absolute Gasteiger partial charge is 0.399 e. The molecule has 5 heteroatoms. The third-order valence-corrected chi connectivity index (χ3v) is 3.20. The van der Waals surface area contributed by atoms with E-state index in [1.807, 2.05) is 54.6 Å². The molecule has 22 heavy (non-hydrogen) atoms. The fourth-order valence-electron chi connectivity index (χ4n) is 2.08. The molecule has 4 N–H and O–H groups in total. The number of nitrogens with zero attached hydrogens (tertiary/aromatic N) is 3. The van der Waals surface area contributed by atoms with Gasteiger partial charge in [0.2, 0.25) is 0 Å². The van der Waals surface area contributed by atoms with Crippen molar-refractivity contribution in [2.75, 3.05) is 11.5 Å². The molecule has 2 aromatic carbocycles. The first-order valence-electron chi connectivity index (χ1n) is 6.78. The SMILES string of the molecule is Nc1ccc(C=C(c2ccc(N)cc2)c2ncncn2)cc1. The Labute approximate surface area is 128 Å². The summed E-state index contributed by atoms with van der Waals surface area (Å²) in [5.74, 6) is 0.608. The molecule has 0 spiro atoms. The lowest BCUT2D eigenvalue weighted by molar-refractivity contribution is 1.02. The van der Waals surface area contributed by atoms with Gasteiger partial charge in [0.25, 0.3) is 0 Å². The maximum Gasteiger partial charge on any atom is 0.163 e. The van der Waals surface area contributed by atoms with Gasteiger partial charge in [-0.15, -0.1) is 0 Å². The number of rotatable bonds is 3. The van der Waals surface area contributed by atoms with Gasteiger partial charge in [0, 0.05) is 16.9 Å². The van der Waals surface area contributed by atoms with Gasteiger partial charge >= 0.3 is 0 Å². The van der Waals surface area contributed by atoms with E-state index in [-0.39, 0.29) is 0 Å². The Morgan fingerprint density at radius 2 is 1.32 bits per heavy atom. The van der Waals surface area contributed by atoms with Gasteiger partial charge in [-0.2, -0.15) is 0 Å². The van der Waals surface area contributed by atoms with Gasteiger partial charge in [-0.25, -0.2) is 15.0 Å². The number of anilines is 2. The molecule has 5 nitrogen and oxygen atoms in total. The number of aromatic nitrogens is 3. The van der Waals surface area contributed by atoms with E-state index >= 15 is 0 Å². The van der Waals surface area contributed by atoms with Crippen molar-refractivity contribution in [1.29, 1.82) is 0 Å². The molecule has 0 aliphatic heterocycles. The van der Waals surface area contributed by atoms with E-state index in [9.17, 15) is 0 Å². The summed E-state index contributed by atoms with van der Waals surface area (Å²) < 4.78 is 0. The Morgan fingerprint density at radius 3 is 1.91 bits per heavy atom. The number of benzene rings is 2. The highest BCUT2D eigenvalue weighted by Gasteiger charge is 2.08. The molecule has 0 radical (unpaired) electrons. The molecule has 0 bridgehead atoms. The van der Waals surface area contributed by atoms with Crippen LogP contribution in [0.3, 0.4) is 0 Å². The molecule has 0 aliphatic rings. The third kappa shape index (κ3) is 3.09. The lowest BCUT2D eigenvalue weighted by Crippen LogP contribution is -1.97. The van der Waals surface area contributed by atoms with Crippen LogP contribution in [0.2, 0.25) is 0 Å². The number of hydrogen-bond acceptors (Lipinski definition) is 5. The normalized spacial score (nSPS) is 11.4. The molecule has 1 heterocycles. The van der Waals surface area contributed by atoms with E-state index in [0.717, 1.165) is 22.4 Å². The molecule has 0 saturated carbocycles. The predicted octanol–water partition coefficient (Wildman–Crippen LogP) is 2.62. The minimum Gasteiger partial charge on any atom is -0.399 e. The average Bonchev–Trinajstić information content (AvgIpc) is 2.56. The van der Waals surface area contributed by atoms with Crippen LogP contribution in [0, 0.1) is 0 Å². The molecular formula is C17H15N5. The van der Waals surface area contributed by atoms with Crippen LogP contribution in [-0.4, -0.2) is 15.0 Å². The summed E-state index contributed by atoms with van der Waals surface area (Å²) >= 11 is 0. The number of nitrogen functional groups attached to an aromatic ring is 2. The van der Waals surface area contributed by atoms with E-state index in [1.165, 1.54) is 12.7 Å². The van der Waals surface area contributed by atoms with Crippen LogP contribution < -0.4 is 11.5 Å². The van der Waals surface area contributed by atoms with Gasteiger partial charge in [-0.1, -0.05) is 24.3 Å². The smallest absolute Gasteiger partial charge is 0.163 e. The highest BCUT2D eigenvalue weighted by molar-refractivity contribution is 5.89. The summed E-state index contributed by atoms with van der Waals surface area (Å²) in [5.41, 5.74) is 15.8. The maximum atomic E-state index is 5.76. The van der Waals surface area contributed by atoms with E-state index in [4.69, 9.17) is 11.5 Å². The van der Waals surface area contributed by atoms with E-state index in [1.54, 1.807) is 0 Å². The standard InChI is InChI=1S/C17H15N5/c18-14-5-1-12(2-6-14)9-16(17-21-10-20-11-22-17)13-3-7-15(19)8-4-13/h1-11H,18-19H2. The van der Waals surface area contributed by atoms with Crippen molar-refractivity contribution in [3.63, 3.8) is 0 Å². The summed E-state index contributed by atoms with van der Waals surface area (Å²) in [6.45, 7) is 0. The average molecular weight is 289 g/mol. The van der Waals surface area contributed by atoms with Crippen LogP contribution in [0.5, 0.6) is 0 Å². The van der Waals surface area contributed by atoms with Gasteiger partial charge < -0.3 is 11.5 Å². The highest BCUT2D eigenvalue weighted by atomic mass is 15.0. The van der Waals surface area contributed by atoms with Crippen LogP contribution in [0.15, 0.2) is 61.2 Å². The minimum atomic E-state index is 0.608. The Kier molecular flexibility index (Phi) is 3.78. The van der Waals surface area contributed by atoms with Crippen molar-refractivity contribution in [1.82, 2.24) is 15.0 Å². The van der Waals surface area contributed by atoms with Gasteiger partial charge in [0.15, 0.2) is 5.82 Å². The summed E-state index contributed by atoms with van der Waals surface area (Å²) in [4.78, 5) is 12.4. The summed E-state index contributed by atoms with van der Waals surface area (Å²) in [6.07, 6.45) is 4.98. The second-order valence-electron chi connectivity index (χ2n) is 4.81. The molecule has 0 amide bonds. The molecule has 0 aliphatic carbocycles. The quantitative estimate of drug-likeness (QED) is 0.571. The predicted molar refractivity (Wildman–Crippen MR) is 88.5 cm³/mol. The Hall–Kier alpha value is -3.21. The minimum absolute atomic E-state index is 0.608. The first-order chi connectivity index (χ1) is 10.7. The van der Waals surface area contributed by atoms with Crippen LogP contribution in [0.1, 0.15) is 17.0 Å². The second-order valence-corrected chi connectivity index (χ2v) is 4.81. The zero-order chi connectivity index (χ0) is 15.4. The van der Waals surface area contributed by atoms with Crippen molar-refractivity contribution < 1.29 is 0 Å². The van der Waals surface area contributed by atoms with E-state index in [2.05, 4.69) is 15.0 Å². The van der Waals surface area contributed by atoms with Crippen molar-refractivity contribution in [3.8, 4) is 0 Å². The lowest BCUT2D eigenvalue weighted by atomic mass is 10.0. The van der Waals surface area contributed by atoms with Crippen molar-refractivity contribution in [3.05, 3.63) is 78.1 Å². The first kappa shape index (κ1) is 13.8. The molecule has 0 atom stereocenters. The van der Waals surface area contributed by atoms with Crippen LogP contribution in [0.25, 0.3) is 11.6 Å². The molecule has 0 fully saturated rings. The molecule has 0 saturated heterocycles. The first-order valence-corrected chi connectivity index (χ1v) is 6.78. The fraction of sp³-hybridized carbons (Fsp3) is 0. The van der Waals surface area contributed by atoms with Crippen molar-refractivity contribution in [2.24, 2.45) is 0 Å². The van der Waals surface area contributed by atoms with Crippen LogP contribution in [-0.2, 0) is 0 Å². The van der Waals surface area contributed by atoms with E-state index < -0.39 is 0 Å². The molecule has 1 aromatic heterocycles. The van der Waals surface area contributed by atoms with Crippen LogP contribution >= 0.6 is 0 Å². The highest BCUT2D eigenvalue weighted by Crippen LogP contribution is 2.24. The number of nitrogens with two attached hydrogens (primary N) is 2. The molecular weight excluding hydrogens is 274 g/mol. The Bertz CT molecular complexity index is 778. The monoisotopic (exact) mass is 289 g/mol. The van der Waals surface area contributed by atoms with Gasteiger partial charge in [-0.05, 0) is 41.5 Å². The third-order valence-electron chi connectivity index (χ3n) is 3.20. The summed E-state index contributed by atoms with van der Waals surface area (Å²) in [7, 11) is 0. The van der Waals surface area contributed by atoms with Gasteiger partial charge in [-0.3, -0.25) is 0 Å². The van der Waals surface area contributed by atoms with Gasteiger partial charge in [0.1, 0.15) is 12.7 Å². The topological polar surface area (TPSA) is 90.7 Å². The Morgan fingerprint density at radius 1 is 0.773 bits per heavy atom. The van der Waals surface area contributed by atoms with E-state index in [0.29, 0.717) is 11.5 Å². The summed E-state index contributed by atoms with van der Waals surface area (Å²) in [5, 5.41) is 0. The molecule has 108 valence electrons. The van der Waals surface area contributed by atoms with Crippen molar-refractivity contribution >= 4 is 23.0 Å². The van der Waals surface area contributed by atoms with Crippen molar-refractivity contribution in [2.45, 2.75) is 0 Å². The molecule has 3 rings (SSSR count). The second kappa shape index (κ2) is 6.05. The maximum absolute atomic E-state index is 5.76. The van der Waals surface area contributed by atoms with Crippen LogP contribution in [0.4, 0.5) is 11.4 Å². The van der Waals surface area contributed by atoms with Gasteiger partial charge in [0.05, 0.1) is 0 Å². The molecule has 3 aromatic rings. The number of hydrogen-bond donors (Lipinski definition) is 2. The lowest BCUT2D eigenvalue weighted by Gasteiger charge is -2.07. The fourth-order valence-corrected chi connectivity index (χ4v) is 2.08. The zero-order valence-corrected chi connectivity index (χ0v) is 11.8. The summed E-state index contributed by atoms with van der Waals surface area (Å²) in [6, 6.07) is 15.2.